The van der Waals surface area contributed by atoms with Crippen LogP contribution >= 0.6 is 0 Å². The Labute approximate surface area is 162 Å². The number of fused-ring (bicyclic) bond motifs is 2. The topological polar surface area (TPSA) is 75.9 Å². The van der Waals surface area contributed by atoms with E-state index in [1.807, 2.05) is 31.1 Å². The number of rotatable bonds is 5. The number of methoxy groups -OCH3 is 1. The zero-order valence-corrected chi connectivity index (χ0v) is 16.0. The van der Waals surface area contributed by atoms with Gasteiger partial charge in [-0.25, -0.2) is 0 Å². The highest BCUT2D eigenvalue weighted by molar-refractivity contribution is 5.99. The van der Waals surface area contributed by atoms with Gasteiger partial charge in [0.1, 0.15) is 17.4 Å². The summed E-state index contributed by atoms with van der Waals surface area (Å²) in [4.78, 5) is 34.5. The first-order valence-corrected chi connectivity index (χ1v) is 9.02. The predicted octanol–water partition coefficient (Wildman–Crippen LogP) is 2.30. The van der Waals surface area contributed by atoms with Crippen molar-refractivity contribution >= 4 is 16.9 Å². The molecule has 7 heteroatoms. The second-order valence-electron chi connectivity index (χ2n) is 7.00. The lowest BCUT2D eigenvalue weighted by Crippen LogP contribution is -2.35. The zero-order chi connectivity index (χ0) is 19.8. The number of carbonyl (C=O) groups is 1. The molecule has 0 saturated heterocycles. The fourth-order valence-corrected chi connectivity index (χ4v) is 3.51. The fraction of sp³-hybridized carbons (Fsp3) is 0.286. The molecule has 1 amide bonds. The minimum atomic E-state index is -0.564. The largest absolute Gasteiger partial charge is 0.497 e. The molecule has 0 unspecified atom stereocenters. The quantitative estimate of drug-likeness (QED) is 0.677. The first-order chi connectivity index (χ1) is 13.5. The third-order valence-corrected chi connectivity index (χ3v) is 4.93. The number of amides is 1. The number of carbonyl (C=O) groups excluding carboxylic acids is 1. The molecule has 1 atom stereocenters. The van der Waals surface area contributed by atoms with Gasteiger partial charge in [-0.2, -0.15) is 0 Å². The first kappa shape index (κ1) is 18.2. The molecule has 0 spiro atoms. The lowest BCUT2D eigenvalue weighted by molar-refractivity contribution is 0.0714. The van der Waals surface area contributed by atoms with Gasteiger partial charge >= 0.3 is 0 Å². The van der Waals surface area contributed by atoms with Crippen molar-refractivity contribution in [1.29, 1.82) is 0 Å². The molecule has 2 aromatic heterocycles. The molecular weight excluding hydrogens is 358 g/mol. The lowest BCUT2D eigenvalue weighted by Gasteiger charge is -2.25. The third kappa shape index (κ3) is 2.93. The molecule has 28 heavy (non-hydrogen) atoms. The van der Waals surface area contributed by atoms with E-state index in [1.54, 1.807) is 35.4 Å². The van der Waals surface area contributed by atoms with E-state index < -0.39 is 6.04 Å². The van der Waals surface area contributed by atoms with Crippen LogP contribution in [0, 0.1) is 0 Å². The van der Waals surface area contributed by atoms with Gasteiger partial charge in [0.25, 0.3) is 5.91 Å². The summed E-state index contributed by atoms with van der Waals surface area (Å²) < 4.78 is 11.1. The lowest BCUT2D eigenvalue weighted by atomic mass is 10.0. The third-order valence-electron chi connectivity index (χ3n) is 4.93. The Kier molecular flexibility index (Phi) is 4.60. The van der Waals surface area contributed by atoms with Gasteiger partial charge in [-0.05, 0) is 38.4 Å². The summed E-state index contributed by atoms with van der Waals surface area (Å²) in [5.74, 6) is 0.348. The molecule has 0 saturated carbocycles. The van der Waals surface area contributed by atoms with Crippen molar-refractivity contribution in [1.82, 2.24) is 14.8 Å². The van der Waals surface area contributed by atoms with E-state index in [0.717, 1.165) is 0 Å². The molecule has 0 N–H and O–H groups in total. The van der Waals surface area contributed by atoms with E-state index in [-0.39, 0.29) is 17.1 Å². The molecule has 0 bridgehead atoms. The van der Waals surface area contributed by atoms with Crippen molar-refractivity contribution < 1.29 is 13.9 Å². The van der Waals surface area contributed by atoms with Gasteiger partial charge < -0.3 is 19.0 Å². The number of hydrogen-bond acceptors (Lipinski definition) is 6. The molecule has 0 fully saturated rings. The van der Waals surface area contributed by atoms with E-state index in [0.29, 0.717) is 41.1 Å². The van der Waals surface area contributed by atoms with E-state index in [4.69, 9.17) is 9.15 Å². The molecule has 1 aliphatic heterocycles. The highest BCUT2D eigenvalue weighted by Crippen LogP contribution is 2.37. The van der Waals surface area contributed by atoms with Gasteiger partial charge in [0.15, 0.2) is 5.43 Å². The number of likely N-dealkylation sites (N-methyl/N-ethyl adjacent to an activating group) is 1. The molecule has 4 rings (SSSR count). The van der Waals surface area contributed by atoms with E-state index >= 15 is 0 Å². The molecule has 0 aliphatic carbocycles. The Hall–Kier alpha value is -3.19. The smallest absolute Gasteiger partial charge is 0.291 e. The average Bonchev–Trinajstić information content (AvgIpc) is 2.99. The summed E-state index contributed by atoms with van der Waals surface area (Å²) in [5.41, 5.74) is 1.12. The van der Waals surface area contributed by atoms with Crippen molar-refractivity contribution in [3.8, 4) is 5.75 Å². The zero-order valence-electron chi connectivity index (χ0n) is 16.0. The van der Waals surface area contributed by atoms with Crippen LogP contribution < -0.4 is 10.2 Å². The monoisotopic (exact) mass is 379 g/mol. The Morgan fingerprint density at radius 3 is 2.71 bits per heavy atom. The molecule has 3 aromatic rings. The predicted molar refractivity (Wildman–Crippen MR) is 105 cm³/mol. The molecular formula is C21H21N3O4. The summed E-state index contributed by atoms with van der Waals surface area (Å²) in [6.07, 6.45) is 1.66. The molecule has 3 heterocycles. The Morgan fingerprint density at radius 1 is 1.21 bits per heavy atom. The SMILES string of the molecule is COc1ccc2c(=O)c3c(oc2c1)C(=O)N(CCN(C)C)[C@@H]3c1ccccn1. The van der Waals surface area contributed by atoms with Gasteiger partial charge in [-0.1, -0.05) is 6.07 Å². The fourth-order valence-electron chi connectivity index (χ4n) is 3.51. The summed E-state index contributed by atoms with van der Waals surface area (Å²) >= 11 is 0. The summed E-state index contributed by atoms with van der Waals surface area (Å²) in [6, 6.07) is 9.93. The highest BCUT2D eigenvalue weighted by Gasteiger charge is 2.43. The van der Waals surface area contributed by atoms with Gasteiger partial charge in [0, 0.05) is 25.4 Å². The van der Waals surface area contributed by atoms with Crippen LogP contribution in [0.4, 0.5) is 0 Å². The Balaban J connectivity index is 1.93. The molecule has 1 aromatic carbocycles. The second kappa shape index (κ2) is 7.09. The maximum absolute atomic E-state index is 13.3. The number of benzene rings is 1. The first-order valence-electron chi connectivity index (χ1n) is 9.02. The van der Waals surface area contributed by atoms with Crippen molar-refractivity contribution in [2.24, 2.45) is 0 Å². The van der Waals surface area contributed by atoms with Crippen LogP contribution in [0.2, 0.25) is 0 Å². The minimum Gasteiger partial charge on any atom is -0.497 e. The van der Waals surface area contributed by atoms with Crippen molar-refractivity contribution in [2.75, 3.05) is 34.3 Å². The van der Waals surface area contributed by atoms with Crippen LogP contribution in [0.3, 0.4) is 0 Å². The standard InChI is InChI=1S/C21H21N3O4/c1-23(2)10-11-24-18(15-6-4-5-9-22-15)17-19(25)14-8-7-13(27-3)12-16(14)28-20(17)21(24)26/h4-9,12,18H,10-11H2,1-3H3/t18-/m1/s1. The minimum absolute atomic E-state index is 0.0835. The summed E-state index contributed by atoms with van der Waals surface area (Å²) in [5, 5.41) is 0.419. The average molecular weight is 379 g/mol. The maximum atomic E-state index is 13.3. The van der Waals surface area contributed by atoms with Crippen molar-refractivity contribution in [2.45, 2.75) is 6.04 Å². The van der Waals surface area contributed by atoms with Crippen LogP contribution in [0.25, 0.3) is 11.0 Å². The van der Waals surface area contributed by atoms with Crippen LogP contribution in [0.15, 0.2) is 51.8 Å². The van der Waals surface area contributed by atoms with Gasteiger partial charge in [-0.15, -0.1) is 0 Å². The molecule has 0 radical (unpaired) electrons. The number of nitrogens with zero attached hydrogens (tertiary/aromatic N) is 3. The summed E-state index contributed by atoms with van der Waals surface area (Å²) in [6.45, 7) is 1.11. The normalized spacial score (nSPS) is 16.1. The van der Waals surface area contributed by atoms with E-state index in [9.17, 15) is 9.59 Å². The van der Waals surface area contributed by atoms with Crippen molar-refractivity contribution in [3.63, 3.8) is 0 Å². The van der Waals surface area contributed by atoms with E-state index in [1.165, 1.54) is 7.11 Å². The number of pyridine rings is 1. The summed E-state index contributed by atoms with van der Waals surface area (Å²) in [7, 11) is 5.42. The van der Waals surface area contributed by atoms with Gasteiger partial charge in [-0.3, -0.25) is 14.6 Å². The van der Waals surface area contributed by atoms with Crippen LogP contribution in [-0.4, -0.2) is 55.0 Å². The van der Waals surface area contributed by atoms with Crippen LogP contribution in [-0.2, 0) is 0 Å². The number of aromatic nitrogens is 1. The number of hydrogen-bond donors (Lipinski definition) is 0. The second-order valence-corrected chi connectivity index (χ2v) is 7.00. The van der Waals surface area contributed by atoms with Gasteiger partial charge in [0.2, 0.25) is 5.76 Å². The molecule has 144 valence electrons. The highest BCUT2D eigenvalue weighted by atomic mass is 16.5. The maximum Gasteiger partial charge on any atom is 0.291 e. The van der Waals surface area contributed by atoms with Crippen molar-refractivity contribution in [3.05, 3.63) is 69.8 Å². The Morgan fingerprint density at radius 2 is 2.04 bits per heavy atom. The van der Waals surface area contributed by atoms with Gasteiger partial charge in [0.05, 0.1) is 23.8 Å². The molecule has 1 aliphatic rings. The van der Waals surface area contributed by atoms with Crippen LogP contribution in [0.1, 0.15) is 27.9 Å². The number of ether oxygens (including phenoxy) is 1. The Bertz CT molecular complexity index is 1090. The molecule has 7 nitrogen and oxygen atoms in total. The van der Waals surface area contributed by atoms with Crippen LogP contribution in [0.5, 0.6) is 5.75 Å². The van der Waals surface area contributed by atoms with E-state index in [2.05, 4.69) is 4.98 Å².